The molecule has 0 amide bonds. The van der Waals surface area contributed by atoms with Crippen LogP contribution < -0.4 is 11.1 Å². The Kier molecular flexibility index (Phi) is 3.83. The van der Waals surface area contributed by atoms with Crippen LogP contribution in [0.1, 0.15) is 30.9 Å². The van der Waals surface area contributed by atoms with Crippen LogP contribution in [-0.2, 0) is 0 Å². The highest BCUT2D eigenvalue weighted by atomic mass is 79.9. The fraction of sp³-hybridized carbons (Fsp3) is 0.636. The van der Waals surface area contributed by atoms with Gasteiger partial charge in [-0.05, 0) is 40.9 Å². The fourth-order valence-corrected chi connectivity index (χ4v) is 2.09. The number of nitrogens with one attached hydrogen (secondary N) is 1. The van der Waals surface area contributed by atoms with Crippen molar-refractivity contribution < 1.29 is 4.42 Å². The van der Waals surface area contributed by atoms with Crippen LogP contribution in [0.5, 0.6) is 0 Å². The van der Waals surface area contributed by atoms with Gasteiger partial charge in [0.1, 0.15) is 5.76 Å². The molecule has 4 heteroatoms. The van der Waals surface area contributed by atoms with Gasteiger partial charge in [-0.2, -0.15) is 0 Å². The van der Waals surface area contributed by atoms with Gasteiger partial charge in [0.2, 0.25) is 0 Å². The van der Waals surface area contributed by atoms with Crippen LogP contribution in [0, 0.1) is 0 Å². The van der Waals surface area contributed by atoms with Crippen LogP contribution in [0.15, 0.2) is 21.2 Å². The number of nitrogens with two attached hydrogens (primary N) is 1. The third-order valence-electron chi connectivity index (χ3n) is 3.04. The molecule has 1 saturated carbocycles. The first-order valence-corrected chi connectivity index (χ1v) is 6.27. The van der Waals surface area contributed by atoms with E-state index in [9.17, 15) is 0 Å². The molecule has 2 rings (SSSR count). The van der Waals surface area contributed by atoms with Gasteiger partial charge in [-0.25, -0.2) is 0 Å². The topological polar surface area (TPSA) is 51.2 Å². The summed E-state index contributed by atoms with van der Waals surface area (Å²) in [4.78, 5) is 0. The van der Waals surface area contributed by atoms with Crippen molar-refractivity contribution >= 4 is 15.9 Å². The van der Waals surface area contributed by atoms with Gasteiger partial charge < -0.3 is 15.5 Å². The predicted octanol–water partition coefficient (Wildman–Crippen LogP) is 2.23. The van der Waals surface area contributed by atoms with E-state index in [2.05, 4.69) is 21.2 Å². The third-order valence-corrected chi connectivity index (χ3v) is 3.47. The van der Waals surface area contributed by atoms with Crippen molar-refractivity contribution in [2.24, 2.45) is 5.73 Å². The second-order valence-corrected chi connectivity index (χ2v) is 4.89. The zero-order valence-electron chi connectivity index (χ0n) is 8.71. The lowest BCUT2D eigenvalue weighted by Crippen LogP contribution is -2.38. The molecule has 0 aromatic carbocycles. The van der Waals surface area contributed by atoms with E-state index < -0.39 is 0 Å². The van der Waals surface area contributed by atoms with Crippen molar-refractivity contribution in [1.29, 1.82) is 0 Å². The Balaban J connectivity index is 1.85. The largest absolute Gasteiger partial charge is 0.454 e. The Labute approximate surface area is 98.5 Å². The molecular weight excluding hydrogens is 256 g/mol. The van der Waals surface area contributed by atoms with Crippen LogP contribution >= 0.6 is 15.9 Å². The van der Waals surface area contributed by atoms with E-state index in [1.807, 2.05) is 12.1 Å². The Hall–Kier alpha value is -0.320. The van der Waals surface area contributed by atoms with Crippen molar-refractivity contribution in [3.8, 4) is 0 Å². The van der Waals surface area contributed by atoms with E-state index in [1.54, 1.807) is 0 Å². The first kappa shape index (κ1) is 11.2. The second kappa shape index (κ2) is 5.14. The van der Waals surface area contributed by atoms with E-state index in [0.29, 0.717) is 12.6 Å². The molecule has 0 radical (unpaired) electrons. The van der Waals surface area contributed by atoms with Gasteiger partial charge >= 0.3 is 0 Å². The zero-order valence-corrected chi connectivity index (χ0v) is 10.3. The molecule has 0 spiro atoms. The lowest BCUT2D eigenvalue weighted by atomic mass is 9.92. The lowest BCUT2D eigenvalue weighted by Gasteiger charge is -2.28. The van der Waals surface area contributed by atoms with Gasteiger partial charge in [0, 0.05) is 25.0 Å². The molecule has 1 aliphatic rings. The molecule has 84 valence electrons. The maximum atomic E-state index is 5.74. The summed E-state index contributed by atoms with van der Waals surface area (Å²) in [6.45, 7) is 1.54. The first-order valence-electron chi connectivity index (χ1n) is 5.48. The highest BCUT2D eigenvalue weighted by molar-refractivity contribution is 9.10. The molecule has 3 nitrogen and oxygen atoms in total. The molecule has 1 aromatic rings. The fourth-order valence-electron chi connectivity index (χ4n) is 1.77. The average Bonchev–Trinajstić information content (AvgIpc) is 2.56. The molecule has 0 saturated heterocycles. The summed E-state index contributed by atoms with van der Waals surface area (Å²) < 4.78 is 6.29. The minimum Gasteiger partial charge on any atom is -0.454 e. The van der Waals surface area contributed by atoms with Gasteiger partial charge in [-0.1, -0.05) is 6.42 Å². The van der Waals surface area contributed by atoms with Crippen molar-refractivity contribution in [3.63, 3.8) is 0 Å². The first-order chi connectivity index (χ1) is 7.29. The molecule has 1 atom stereocenters. The Bertz CT molecular complexity index is 309. The third kappa shape index (κ3) is 2.83. The zero-order chi connectivity index (χ0) is 10.7. The van der Waals surface area contributed by atoms with E-state index in [-0.39, 0.29) is 5.92 Å². The molecule has 3 N–H and O–H groups in total. The quantitative estimate of drug-likeness (QED) is 0.865. The van der Waals surface area contributed by atoms with Crippen LogP contribution in [0.25, 0.3) is 0 Å². The highest BCUT2D eigenvalue weighted by Crippen LogP contribution is 2.23. The molecule has 0 aliphatic heterocycles. The highest BCUT2D eigenvalue weighted by Gasteiger charge is 2.20. The normalized spacial score (nSPS) is 18.8. The molecule has 1 aromatic heterocycles. The number of furan rings is 1. The summed E-state index contributed by atoms with van der Waals surface area (Å²) in [6.07, 6.45) is 3.97. The van der Waals surface area contributed by atoms with Crippen molar-refractivity contribution in [2.45, 2.75) is 31.2 Å². The van der Waals surface area contributed by atoms with Gasteiger partial charge in [0.25, 0.3) is 0 Å². The SMILES string of the molecule is NCC(CNC1CCC1)c1ccc(Br)o1. The van der Waals surface area contributed by atoms with Crippen molar-refractivity contribution in [1.82, 2.24) is 5.32 Å². The maximum absolute atomic E-state index is 5.74. The monoisotopic (exact) mass is 272 g/mol. The van der Waals surface area contributed by atoms with E-state index in [1.165, 1.54) is 19.3 Å². The van der Waals surface area contributed by atoms with Crippen molar-refractivity contribution in [2.75, 3.05) is 13.1 Å². The van der Waals surface area contributed by atoms with E-state index in [0.717, 1.165) is 17.0 Å². The summed E-state index contributed by atoms with van der Waals surface area (Å²) >= 11 is 3.31. The molecular formula is C11H17BrN2O. The Morgan fingerprint density at radius 2 is 2.33 bits per heavy atom. The summed E-state index contributed by atoms with van der Waals surface area (Å²) in [5.74, 6) is 1.26. The Morgan fingerprint density at radius 3 is 2.80 bits per heavy atom. The molecule has 0 bridgehead atoms. The summed E-state index contributed by atoms with van der Waals surface area (Å²) in [6, 6.07) is 4.61. The molecule has 1 fully saturated rings. The number of halogens is 1. The second-order valence-electron chi connectivity index (χ2n) is 4.11. The number of rotatable bonds is 5. The van der Waals surface area contributed by atoms with Crippen LogP contribution in [0.4, 0.5) is 0 Å². The van der Waals surface area contributed by atoms with Gasteiger partial charge in [0.15, 0.2) is 4.67 Å². The summed E-state index contributed by atoms with van der Waals surface area (Å²) in [7, 11) is 0. The van der Waals surface area contributed by atoms with Crippen molar-refractivity contribution in [3.05, 3.63) is 22.6 Å². The molecule has 1 aliphatic carbocycles. The number of hydrogen-bond donors (Lipinski definition) is 2. The van der Waals surface area contributed by atoms with Crippen LogP contribution in [-0.4, -0.2) is 19.1 Å². The minimum absolute atomic E-state index is 0.289. The minimum atomic E-state index is 0.289. The smallest absolute Gasteiger partial charge is 0.169 e. The number of hydrogen-bond acceptors (Lipinski definition) is 3. The molecule has 1 unspecified atom stereocenters. The lowest BCUT2D eigenvalue weighted by molar-refractivity contribution is 0.323. The van der Waals surface area contributed by atoms with Gasteiger partial charge in [-0.3, -0.25) is 0 Å². The van der Waals surface area contributed by atoms with E-state index in [4.69, 9.17) is 10.2 Å². The average molecular weight is 273 g/mol. The Morgan fingerprint density at radius 1 is 1.53 bits per heavy atom. The standard InChI is InChI=1S/C11H17BrN2O/c12-11-5-4-10(15-11)8(6-13)7-14-9-2-1-3-9/h4-5,8-9,14H,1-3,6-7,13H2. The summed E-state index contributed by atoms with van der Waals surface area (Å²) in [5, 5.41) is 3.52. The van der Waals surface area contributed by atoms with E-state index >= 15 is 0 Å². The maximum Gasteiger partial charge on any atom is 0.169 e. The van der Waals surface area contributed by atoms with Crippen LogP contribution in [0.3, 0.4) is 0 Å². The molecule has 15 heavy (non-hydrogen) atoms. The van der Waals surface area contributed by atoms with Gasteiger partial charge in [-0.15, -0.1) is 0 Å². The molecule has 1 heterocycles. The van der Waals surface area contributed by atoms with Gasteiger partial charge in [0.05, 0.1) is 0 Å². The summed E-state index contributed by atoms with van der Waals surface area (Å²) in [5.41, 5.74) is 5.74. The van der Waals surface area contributed by atoms with Crippen LogP contribution in [0.2, 0.25) is 0 Å². The predicted molar refractivity (Wildman–Crippen MR) is 63.8 cm³/mol.